The Hall–Kier alpha value is -2.43. The number of hydrogen-bond acceptors (Lipinski definition) is 3. The van der Waals surface area contributed by atoms with Gasteiger partial charge < -0.3 is 5.11 Å². The lowest BCUT2D eigenvalue weighted by Gasteiger charge is -2.14. The molecular weight excluding hydrogens is 268 g/mol. The van der Waals surface area contributed by atoms with Crippen LogP contribution in [0.1, 0.15) is 30.3 Å². The number of aliphatic carboxylic acids is 1. The van der Waals surface area contributed by atoms with E-state index in [1.807, 2.05) is 31.2 Å². The summed E-state index contributed by atoms with van der Waals surface area (Å²) in [7, 11) is 0. The summed E-state index contributed by atoms with van der Waals surface area (Å²) in [5.74, 6) is -0.933. The normalized spacial score (nSPS) is 10.6. The molecule has 0 radical (unpaired) electrons. The second kappa shape index (κ2) is 6.35. The Labute approximate surface area is 122 Å². The third kappa shape index (κ3) is 3.37. The van der Waals surface area contributed by atoms with Crippen molar-refractivity contribution in [2.24, 2.45) is 0 Å². The molecule has 2 aromatic rings. The maximum absolute atomic E-state index is 11.9. The van der Waals surface area contributed by atoms with Gasteiger partial charge in [-0.3, -0.25) is 9.59 Å². The topological polar surface area (TPSA) is 72.2 Å². The van der Waals surface area contributed by atoms with Crippen molar-refractivity contribution < 1.29 is 9.90 Å². The minimum atomic E-state index is -0.933. The molecule has 0 atom stereocenters. The summed E-state index contributed by atoms with van der Waals surface area (Å²) in [6.07, 6.45) is 0.900. The van der Waals surface area contributed by atoms with Crippen molar-refractivity contribution in [3.05, 3.63) is 57.5 Å². The number of carboxylic acids is 1. The summed E-state index contributed by atoms with van der Waals surface area (Å²) in [6, 6.07) is 9.36. The van der Waals surface area contributed by atoms with Crippen molar-refractivity contribution in [3.63, 3.8) is 0 Å². The molecule has 0 saturated heterocycles. The Bertz CT molecular complexity index is 720. The van der Waals surface area contributed by atoms with Crippen LogP contribution < -0.4 is 5.43 Å². The molecule has 0 saturated carbocycles. The van der Waals surface area contributed by atoms with Gasteiger partial charge in [0.2, 0.25) is 5.43 Å². The van der Waals surface area contributed by atoms with Gasteiger partial charge in [0.15, 0.2) is 0 Å². The Kier molecular flexibility index (Phi) is 4.52. The van der Waals surface area contributed by atoms with Crippen LogP contribution in [0.15, 0.2) is 35.1 Å². The quantitative estimate of drug-likeness (QED) is 0.913. The smallest absolute Gasteiger partial charge is 0.303 e. The van der Waals surface area contributed by atoms with Gasteiger partial charge in [-0.2, -0.15) is 5.10 Å². The van der Waals surface area contributed by atoms with Crippen LogP contribution in [0.2, 0.25) is 0 Å². The maximum Gasteiger partial charge on any atom is 0.303 e. The molecule has 0 fully saturated rings. The van der Waals surface area contributed by atoms with E-state index in [4.69, 9.17) is 5.11 Å². The number of nitrogens with zero attached hydrogens (tertiary/aromatic N) is 2. The molecule has 1 aromatic carbocycles. The fraction of sp³-hybridized carbons (Fsp3) is 0.312. The average Bonchev–Trinajstić information content (AvgIpc) is 2.46. The second-order valence-electron chi connectivity index (χ2n) is 4.88. The largest absolute Gasteiger partial charge is 0.481 e. The van der Waals surface area contributed by atoms with Gasteiger partial charge in [0.25, 0.3) is 0 Å². The lowest BCUT2D eigenvalue weighted by Crippen LogP contribution is -2.20. The van der Waals surface area contributed by atoms with E-state index >= 15 is 0 Å². The van der Waals surface area contributed by atoms with Crippen LogP contribution in [0.3, 0.4) is 0 Å². The predicted octanol–water partition coefficient (Wildman–Crippen LogP) is 2.12. The fourth-order valence-electron chi connectivity index (χ4n) is 2.24. The lowest BCUT2D eigenvalue weighted by molar-refractivity contribution is -0.136. The summed E-state index contributed by atoms with van der Waals surface area (Å²) in [5, 5.41) is 13.1. The maximum atomic E-state index is 11.9. The van der Waals surface area contributed by atoms with E-state index in [-0.39, 0.29) is 24.0 Å². The van der Waals surface area contributed by atoms with Gasteiger partial charge in [0.05, 0.1) is 12.1 Å². The molecule has 5 nitrogen and oxygen atoms in total. The molecule has 1 heterocycles. The number of aryl methyl sites for hydroxylation is 3. The summed E-state index contributed by atoms with van der Waals surface area (Å²) in [5.41, 5.74) is 2.86. The Morgan fingerprint density at radius 1 is 1.33 bits per heavy atom. The third-order valence-corrected chi connectivity index (χ3v) is 3.36. The van der Waals surface area contributed by atoms with Crippen molar-refractivity contribution >= 4 is 5.97 Å². The van der Waals surface area contributed by atoms with E-state index in [1.165, 1.54) is 6.07 Å². The molecule has 2 rings (SSSR count). The highest BCUT2D eigenvalue weighted by molar-refractivity contribution is 5.66. The van der Waals surface area contributed by atoms with Crippen LogP contribution in [-0.2, 0) is 17.6 Å². The number of hydrogen-bond donors (Lipinski definition) is 1. The highest BCUT2D eigenvalue weighted by atomic mass is 16.4. The number of para-hydroxylation sites is 1. The highest BCUT2D eigenvalue weighted by Gasteiger charge is 2.11. The van der Waals surface area contributed by atoms with E-state index in [9.17, 15) is 9.59 Å². The molecule has 1 N–H and O–H groups in total. The van der Waals surface area contributed by atoms with Crippen molar-refractivity contribution in [2.45, 2.75) is 33.1 Å². The molecule has 0 amide bonds. The zero-order chi connectivity index (χ0) is 15.4. The van der Waals surface area contributed by atoms with Crippen molar-refractivity contribution in [3.8, 4) is 5.69 Å². The third-order valence-electron chi connectivity index (χ3n) is 3.36. The first-order valence-corrected chi connectivity index (χ1v) is 6.93. The molecule has 1 aromatic heterocycles. The van der Waals surface area contributed by atoms with Gasteiger partial charge in [-0.05, 0) is 25.0 Å². The zero-order valence-electron chi connectivity index (χ0n) is 12.2. The molecule has 0 bridgehead atoms. The summed E-state index contributed by atoms with van der Waals surface area (Å²) < 4.78 is 1.72. The summed E-state index contributed by atoms with van der Waals surface area (Å²) in [6.45, 7) is 3.88. The molecule has 0 unspecified atom stereocenters. The first kappa shape index (κ1) is 15.0. The van der Waals surface area contributed by atoms with Crippen molar-refractivity contribution in [1.29, 1.82) is 0 Å². The molecule has 0 aliphatic heterocycles. The van der Waals surface area contributed by atoms with E-state index in [0.29, 0.717) is 0 Å². The van der Waals surface area contributed by atoms with Gasteiger partial charge in [0, 0.05) is 18.2 Å². The van der Waals surface area contributed by atoms with E-state index < -0.39 is 5.97 Å². The van der Waals surface area contributed by atoms with Crippen LogP contribution in [0.5, 0.6) is 0 Å². The second-order valence-corrected chi connectivity index (χ2v) is 4.88. The zero-order valence-corrected chi connectivity index (χ0v) is 12.2. The number of aromatic nitrogens is 2. The molecule has 0 aliphatic carbocycles. The van der Waals surface area contributed by atoms with E-state index in [0.717, 1.165) is 23.4 Å². The monoisotopic (exact) mass is 286 g/mol. The molecule has 21 heavy (non-hydrogen) atoms. The lowest BCUT2D eigenvalue weighted by atomic mass is 10.1. The standard InChI is InChI=1S/C16H18N2O3/c1-3-12-6-4-5-7-14(12)18-11(2)10-15(19)13(17-18)8-9-16(20)21/h4-7,10H,3,8-9H2,1-2H3,(H,20,21). The fourth-order valence-corrected chi connectivity index (χ4v) is 2.24. The summed E-state index contributed by atoms with van der Waals surface area (Å²) >= 11 is 0. The summed E-state index contributed by atoms with van der Waals surface area (Å²) in [4.78, 5) is 22.6. The predicted molar refractivity (Wildman–Crippen MR) is 79.9 cm³/mol. The number of benzene rings is 1. The van der Waals surface area contributed by atoms with Crippen LogP contribution in [0.4, 0.5) is 0 Å². The van der Waals surface area contributed by atoms with Crippen molar-refractivity contribution in [1.82, 2.24) is 9.78 Å². The van der Waals surface area contributed by atoms with E-state index in [1.54, 1.807) is 4.68 Å². The molecule has 0 spiro atoms. The molecule has 5 heteroatoms. The van der Waals surface area contributed by atoms with Crippen LogP contribution in [-0.4, -0.2) is 20.9 Å². The Balaban J connectivity index is 2.51. The van der Waals surface area contributed by atoms with Crippen molar-refractivity contribution in [2.75, 3.05) is 0 Å². The molecule has 110 valence electrons. The van der Waals surface area contributed by atoms with Crippen LogP contribution in [0.25, 0.3) is 5.69 Å². The van der Waals surface area contributed by atoms with Gasteiger partial charge in [0.1, 0.15) is 5.69 Å². The number of rotatable bonds is 5. The number of carbonyl (C=O) groups is 1. The minimum Gasteiger partial charge on any atom is -0.481 e. The minimum absolute atomic E-state index is 0.0965. The highest BCUT2D eigenvalue weighted by Crippen LogP contribution is 2.15. The van der Waals surface area contributed by atoms with E-state index in [2.05, 4.69) is 12.0 Å². The Morgan fingerprint density at radius 2 is 2.05 bits per heavy atom. The molecule has 0 aliphatic rings. The average molecular weight is 286 g/mol. The van der Waals surface area contributed by atoms with Gasteiger partial charge in [-0.1, -0.05) is 25.1 Å². The van der Waals surface area contributed by atoms with Crippen LogP contribution >= 0.6 is 0 Å². The van der Waals surface area contributed by atoms with Crippen LogP contribution in [0, 0.1) is 6.92 Å². The van der Waals surface area contributed by atoms with Gasteiger partial charge >= 0.3 is 5.97 Å². The Morgan fingerprint density at radius 3 is 2.71 bits per heavy atom. The van der Waals surface area contributed by atoms with Gasteiger partial charge in [-0.25, -0.2) is 4.68 Å². The molecular formula is C16H18N2O3. The first-order chi connectivity index (χ1) is 10.0. The first-order valence-electron chi connectivity index (χ1n) is 6.93. The van der Waals surface area contributed by atoms with Gasteiger partial charge in [-0.15, -0.1) is 0 Å². The number of carboxylic acid groups (broad SMARTS) is 1. The SMILES string of the molecule is CCc1ccccc1-n1nc(CCC(=O)O)c(=O)cc1C.